The van der Waals surface area contributed by atoms with E-state index in [-0.39, 0.29) is 11.1 Å². The molecule has 0 radical (unpaired) electrons. The van der Waals surface area contributed by atoms with Crippen LogP contribution in [0.5, 0.6) is 0 Å². The number of ether oxygens (including phenoxy) is 1. The largest absolute Gasteiger partial charge is 0.444 e. The highest BCUT2D eigenvalue weighted by Crippen LogP contribution is 2.40. The Morgan fingerprint density at radius 3 is 2.62 bits per heavy atom. The van der Waals surface area contributed by atoms with E-state index in [9.17, 15) is 19.8 Å². The van der Waals surface area contributed by atoms with E-state index in [0.29, 0.717) is 17.5 Å². The summed E-state index contributed by atoms with van der Waals surface area (Å²) in [5, 5.41) is 21.1. The fourth-order valence-electron chi connectivity index (χ4n) is 3.48. The van der Waals surface area contributed by atoms with Gasteiger partial charge in [-0.05, 0) is 27.2 Å². The number of amides is 1. The number of carbonyl (C=O) groups is 1. The van der Waals surface area contributed by atoms with Crippen LogP contribution in [0.25, 0.3) is 11.0 Å². The highest BCUT2D eigenvalue weighted by molar-refractivity contribution is 5.80. The molecular formula is C17H24N4O5. The molecule has 1 aliphatic heterocycles. The molecular weight excluding hydrogens is 340 g/mol. The van der Waals surface area contributed by atoms with Crippen LogP contribution in [0, 0.1) is 0 Å². The lowest BCUT2D eigenvalue weighted by Gasteiger charge is -2.32. The SMILES string of the molecule is CC[C@@H]1[C@@H](O)[C@@H](O)[C@@H](c2c[nH]c3c(=O)[nH]cnc23)N1C(=O)OC(C)(C)C. The van der Waals surface area contributed by atoms with Crippen molar-refractivity contribution in [3.05, 3.63) is 28.4 Å². The number of aliphatic hydroxyl groups is 2. The Balaban J connectivity index is 2.10. The molecule has 0 saturated carbocycles. The summed E-state index contributed by atoms with van der Waals surface area (Å²) in [5.74, 6) is 0. The number of hydrogen-bond donors (Lipinski definition) is 4. The van der Waals surface area contributed by atoms with Gasteiger partial charge in [0.25, 0.3) is 5.56 Å². The third-order valence-electron chi connectivity index (χ3n) is 4.56. The fraction of sp³-hybridized carbons (Fsp3) is 0.588. The average molecular weight is 364 g/mol. The summed E-state index contributed by atoms with van der Waals surface area (Å²) in [6, 6.07) is -1.50. The van der Waals surface area contributed by atoms with E-state index in [1.54, 1.807) is 20.8 Å². The van der Waals surface area contributed by atoms with Crippen molar-refractivity contribution in [3.63, 3.8) is 0 Å². The second-order valence-electron chi connectivity index (χ2n) is 7.49. The summed E-state index contributed by atoms with van der Waals surface area (Å²) in [6.45, 7) is 7.06. The van der Waals surface area contributed by atoms with Crippen molar-refractivity contribution in [3.8, 4) is 0 Å². The van der Waals surface area contributed by atoms with Crippen LogP contribution < -0.4 is 5.56 Å². The van der Waals surface area contributed by atoms with Gasteiger partial charge in [0, 0.05) is 11.8 Å². The second-order valence-corrected chi connectivity index (χ2v) is 7.49. The molecule has 0 bridgehead atoms. The zero-order chi connectivity index (χ0) is 19.2. The van der Waals surface area contributed by atoms with Crippen molar-refractivity contribution in [1.82, 2.24) is 19.9 Å². The van der Waals surface area contributed by atoms with Gasteiger partial charge in [-0.25, -0.2) is 9.78 Å². The molecule has 1 amide bonds. The normalized spacial score (nSPS) is 26.5. The molecule has 2 aromatic rings. The van der Waals surface area contributed by atoms with E-state index in [1.165, 1.54) is 17.4 Å². The first-order chi connectivity index (χ1) is 12.2. The molecule has 3 heterocycles. The Hall–Kier alpha value is -2.39. The van der Waals surface area contributed by atoms with Gasteiger partial charge in [-0.1, -0.05) is 6.92 Å². The topological polar surface area (TPSA) is 132 Å². The number of fused-ring (bicyclic) bond motifs is 1. The maximum Gasteiger partial charge on any atom is 0.411 e. The Kier molecular flexibility index (Phi) is 4.53. The van der Waals surface area contributed by atoms with Crippen LogP contribution in [-0.2, 0) is 4.74 Å². The smallest absolute Gasteiger partial charge is 0.411 e. The molecule has 1 saturated heterocycles. The standard InChI is InChI=1S/C17H24N4O5/c1-5-9-13(22)14(23)12(21(9)16(25)26-17(2,3)4)8-6-18-11-10(8)19-7-20-15(11)24/h6-7,9,12-14,18,22-23H,5H2,1-4H3,(H,19,20,24)/t9-,12-,13-,14+/m1/s1. The number of aromatic nitrogens is 3. The number of H-pyrrole nitrogens is 2. The highest BCUT2D eigenvalue weighted by Gasteiger charge is 2.51. The van der Waals surface area contributed by atoms with Crippen molar-refractivity contribution in [2.45, 2.75) is 64.0 Å². The van der Waals surface area contributed by atoms with Gasteiger partial charge in [-0.3, -0.25) is 9.69 Å². The van der Waals surface area contributed by atoms with Crippen LogP contribution in [0.1, 0.15) is 45.7 Å². The first-order valence-electron chi connectivity index (χ1n) is 8.57. The van der Waals surface area contributed by atoms with E-state index < -0.39 is 36.0 Å². The molecule has 9 nitrogen and oxygen atoms in total. The van der Waals surface area contributed by atoms with Crippen LogP contribution in [0.4, 0.5) is 4.79 Å². The van der Waals surface area contributed by atoms with Gasteiger partial charge >= 0.3 is 6.09 Å². The van der Waals surface area contributed by atoms with Crippen LogP contribution >= 0.6 is 0 Å². The maximum absolute atomic E-state index is 12.8. The first-order valence-corrected chi connectivity index (χ1v) is 8.57. The predicted molar refractivity (Wildman–Crippen MR) is 93.6 cm³/mol. The monoisotopic (exact) mass is 364 g/mol. The number of hydrogen-bond acceptors (Lipinski definition) is 6. The van der Waals surface area contributed by atoms with Crippen molar-refractivity contribution < 1.29 is 19.7 Å². The molecule has 0 unspecified atom stereocenters. The molecule has 3 rings (SSSR count). The zero-order valence-corrected chi connectivity index (χ0v) is 15.2. The minimum absolute atomic E-state index is 0.244. The number of aromatic amines is 2. The minimum Gasteiger partial charge on any atom is -0.444 e. The average Bonchev–Trinajstić information content (AvgIpc) is 3.07. The molecule has 1 fully saturated rings. The molecule has 4 atom stereocenters. The lowest BCUT2D eigenvalue weighted by atomic mass is 10.0. The number of aliphatic hydroxyl groups excluding tert-OH is 2. The molecule has 0 aromatic carbocycles. The van der Waals surface area contributed by atoms with E-state index in [4.69, 9.17) is 4.74 Å². The van der Waals surface area contributed by atoms with Crippen molar-refractivity contribution in [2.24, 2.45) is 0 Å². The van der Waals surface area contributed by atoms with Crippen LogP contribution in [0.2, 0.25) is 0 Å². The van der Waals surface area contributed by atoms with Crippen LogP contribution in [0.15, 0.2) is 17.3 Å². The van der Waals surface area contributed by atoms with Gasteiger partial charge in [0.2, 0.25) is 0 Å². The van der Waals surface area contributed by atoms with Crippen LogP contribution in [0.3, 0.4) is 0 Å². The Morgan fingerprint density at radius 1 is 1.31 bits per heavy atom. The summed E-state index contributed by atoms with van der Waals surface area (Å²) >= 11 is 0. The second kappa shape index (κ2) is 6.40. The van der Waals surface area contributed by atoms with E-state index in [2.05, 4.69) is 15.0 Å². The Labute approximate surface area is 150 Å². The summed E-state index contributed by atoms with van der Waals surface area (Å²) in [4.78, 5) is 35.6. The molecule has 142 valence electrons. The highest BCUT2D eigenvalue weighted by atomic mass is 16.6. The summed E-state index contributed by atoms with van der Waals surface area (Å²) in [5.41, 5.74) is -0.0400. The quantitative estimate of drug-likeness (QED) is 0.630. The van der Waals surface area contributed by atoms with E-state index in [0.717, 1.165) is 0 Å². The molecule has 2 aromatic heterocycles. The third kappa shape index (κ3) is 2.97. The van der Waals surface area contributed by atoms with Crippen molar-refractivity contribution >= 4 is 17.1 Å². The van der Waals surface area contributed by atoms with Crippen LogP contribution in [-0.4, -0.2) is 60.0 Å². The number of likely N-dealkylation sites (tertiary alicyclic amines) is 1. The van der Waals surface area contributed by atoms with E-state index >= 15 is 0 Å². The number of carbonyl (C=O) groups excluding carboxylic acids is 1. The van der Waals surface area contributed by atoms with Gasteiger partial charge in [0.1, 0.15) is 28.8 Å². The van der Waals surface area contributed by atoms with Gasteiger partial charge < -0.3 is 24.9 Å². The first kappa shape index (κ1) is 18.4. The number of rotatable bonds is 2. The van der Waals surface area contributed by atoms with Gasteiger partial charge in [0.15, 0.2) is 0 Å². The molecule has 0 aliphatic carbocycles. The number of nitrogens with one attached hydrogen (secondary N) is 2. The summed E-state index contributed by atoms with van der Waals surface area (Å²) < 4.78 is 5.48. The van der Waals surface area contributed by atoms with Gasteiger partial charge in [-0.15, -0.1) is 0 Å². The van der Waals surface area contributed by atoms with Gasteiger partial charge in [-0.2, -0.15) is 0 Å². The Morgan fingerprint density at radius 2 is 2.00 bits per heavy atom. The molecule has 26 heavy (non-hydrogen) atoms. The Bertz CT molecular complexity index is 868. The molecule has 0 spiro atoms. The third-order valence-corrected chi connectivity index (χ3v) is 4.56. The summed E-state index contributed by atoms with van der Waals surface area (Å²) in [6.07, 6.45) is 0.225. The fourth-order valence-corrected chi connectivity index (χ4v) is 3.48. The summed E-state index contributed by atoms with van der Waals surface area (Å²) in [7, 11) is 0. The maximum atomic E-state index is 12.8. The molecule has 9 heteroatoms. The van der Waals surface area contributed by atoms with Crippen molar-refractivity contribution in [1.29, 1.82) is 0 Å². The lowest BCUT2D eigenvalue weighted by Crippen LogP contribution is -2.43. The van der Waals surface area contributed by atoms with E-state index in [1.807, 2.05) is 6.92 Å². The van der Waals surface area contributed by atoms with Crippen molar-refractivity contribution in [2.75, 3.05) is 0 Å². The van der Waals surface area contributed by atoms with Gasteiger partial charge in [0.05, 0.1) is 18.4 Å². The predicted octanol–water partition coefficient (Wildman–Crippen LogP) is 1.04. The zero-order valence-electron chi connectivity index (χ0n) is 15.2. The lowest BCUT2D eigenvalue weighted by molar-refractivity contribution is 0.00763. The minimum atomic E-state index is -1.23. The molecule has 1 aliphatic rings. The number of nitrogens with zero attached hydrogens (tertiary/aromatic N) is 2. The molecule has 4 N–H and O–H groups in total.